The fourth-order valence-corrected chi connectivity index (χ4v) is 6.15. The van der Waals surface area contributed by atoms with Crippen LogP contribution in [0, 0.1) is 5.92 Å². The Morgan fingerprint density at radius 1 is 1.05 bits per heavy atom. The molecular weight excluding hydrogens is 536 g/mol. The zero-order valence-electron chi connectivity index (χ0n) is 21.7. The van der Waals surface area contributed by atoms with Crippen LogP contribution in [0.4, 0.5) is 11.5 Å². The van der Waals surface area contributed by atoms with Gasteiger partial charge < -0.3 is 15.5 Å². The molecule has 2 amide bonds. The summed E-state index contributed by atoms with van der Waals surface area (Å²) in [7, 11) is -3.53. The molecule has 2 heterocycles. The second kappa shape index (κ2) is 11.4. The molecule has 0 radical (unpaired) electrons. The monoisotopic (exact) mass is 566 g/mol. The Hall–Kier alpha value is -3.43. The molecule has 5 rings (SSSR count). The minimum Gasteiger partial charge on any atom is -0.355 e. The number of fused-ring (bicyclic) bond motifs is 1. The van der Waals surface area contributed by atoms with Gasteiger partial charge in [0.1, 0.15) is 0 Å². The van der Waals surface area contributed by atoms with Crippen molar-refractivity contribution in [3.63, 3.8) is 0 Å². The van der Waals surface area contributed by atoms with Gasteiger partial charge in [-0.15, -0.1) is 0 Å². The highest BCUT2D eigenvalue weighted by molar-refractivity contribution is 7.90. The van der Waals surface area contributed by atoms with Crippen molar-refractivity contribution in [1.82, 2.24) is 10.3 Å². The summed E-state index contributed by atoms with van der Waals surface area (Å²) in [5, 5.41) is 6.47. The SMILES string of the molecule is CS(=O)(=O)c1cnc(N2CCC(CC(=O)N[C@@H]3CCc4ccccc43)CC2)c(NC(=O)c2cccc(Cl)c2)c1. The van der Waals surface area contributed by atoms with E-state index in [0.717, 1.165) is 31.9 Å². The lowest BCUT2D eigenvalue weighted by Crippen LogP contribution is -2.37. The van der Waals surface area contributed by atoms with E-state index in [0.29, 0.717) is 41.6 Å². The minimum atomic E-state index is -3.53. The second-order valence-corrected chi connectivity index (χ2v) is 12.7. The van der Waals surface area contributed by atoms with Gasteiger partial charge >= 0.3 is 0 Å². The van der Waals surface area contributed by atoms with Crippen molar-refractivity contribution in [3.8, 4) is 0 Å². The predicted molar refractivity (Wildman–Crippen MR) is 152 cm³/mol. The van der Waals surface area contributed by atoms with E-state index in [9.17, 15) is 18.0 Å². The average molecular weight is 567 g/mol. The van der Waals surface area contributed by atoms with Gasteiger partial charge in [0.15, 0.2) is 15.7 Å². The molecule has 2 aliphatic rings. The van der Waals surface area contributed by atoms with Gasteiger partial charge in [0.25, 0.3) is 5.91 Å². The summed E-state index contributed by atoms with van der Waals surface area (Å²) in [6, 6.07) is 16.3. The molecule has 1 aliphatic heterocycles. The fourth-order valence-electron chi connectivity index (χ4n) is 5.38. The third-order valence-corrected chi connectivity index (χ3v) is 8.78. The fraction of sp³-hybridized carbons (Fsp3) is 0.345. The zero-order valence-corrected chi connectivity index (χ0v) is 23.3. The quantitative estimate of drug-likeness (QED) is 0.425. The molecule has 0 saturated carbocycles. The summed E-state index contributed by atoms with van der Waals surface area (Å²) in [6.07, 6.45) is 6.37. The van der Waals surface area contributed by atoms with Crippen LogP contribution < -0.4 is 15.5 Å². The number of anilines is 2. The Bertz CT molecular complexity index is 1500. The Labute approximate surface area is 233 Å². The summed E-state index contributed by atoms with van der Waals surface area (Å²) in [4.78, 5) is 32.3. The number of halogens is 1. The molecule has 39 heavy (non-hydrogen) atoms. The number of aryl methyl sites for hydroxylation is 1. The van der Waals surface area contributed by atoms with Crippen molar-refractivity contribution in [1.29, 1.82) is 0 Å². The van der Waals surface area contributed by atoms with Crippen LogP contribution in [0.2, 0.25) is 5.02 Å². The number of rotatable bonds is 7. The van der Waals surface area contributed by atoms with Crippen molar-refractivity contribution in [2.24, 2.45) is 5.92 Å². The normalized spacial score (nSPS) is 17.5. The molecule has 0 unspecified atom stereocenters. The first-order valence-electron chi connectivity index (χ1n) is 13.1. The third kappa shape index (κ3) is 6.42. The molecule has 8 nitrogen and oxygen atoms in total. The van der Waals surface area contributed by atoms with Crippen LogP contribution in [0.15, 0.2) is 65.7 Å². The molecule has 204 valence electrons. The summed E-state index contributed by atoms with van der Waals surface area (Å²) in [6.45, 7) is 1.27. The molecule has 10 heteroatoms. The first-order chi connectivity index (χ1) is 18.7. The Morgan fingerprint density at radius 2 is 1.82 bits per heavy atom. The molecule has 1 atom stereocenters. The van der Waals surface area contributed by atoms with E-state index in [1.54, 1.807) is 24.3 Å². The van der Waals surface area contributed by atoms with Crippen LogP contribution >= 0.6 is 11.6 Å². The maximum Gasteiger partial charge on any atom is 0.255 e. The summed E-state index contributed by atoms with van der Waals surface area (Å²) in [5.41, 5.74) is 3.20. The summed E-state index contributed by atoms with van der Waals surface area (Å²) < 4.78 is 24.4. The van der Waals surface area contributed by atoms with Crippen LogP contribution in [0.3, 0.4) is 0 Å². The second-order valence-electron chi connectivity index (χ2n) is 10.3. The Morgan fingerprint density at radius 3 is 2.56 bits per heavy atom. The largest absolute Gasteiger partial charge is 0.355 e. The smallest absolute Gasteiger partial charge is 0.255 e. The molecule has 3 aromatic rings. The molecule has 1 saturated heterocycles. The number of amides is 2. The number of hydrogen-bond acceptors (Lipinski definition) is 6. The van der Waals surface area contributed by atoms with Crippen molar-refractivity contribution in [2.75, 3.05) is 29.6 Å². The number of carbonyl (C=O) groups is 2. The van der Waals surface area contributed by atoms with Gasteiger partial charge in [-0.1, -0.05) is 41.9 Å². The zero-order chi connectivity index (χ0) is 27.6. The van der Waals surface area contributed by atoms with Gasteiger partial charge in [-0.05, 0) is 67.0 Å². The van der Waals surface area contributed by atoms with Crippen LogP contribution in [0.25, 0.3) is 0 Å². The van der Waals surface area contributed by atoms with Crippen molar-refractivity contribution in [3.05, 3.63) is 82.5 Å². The number of aromatic nitrogens is 1. The number of sulfone groups is 1. The molecule has 1 aromatic heterocycles. The van der Waals surface area contributed by atoms with Crippen LogP contribution in [-0.2, 0) is 21.1 Å². The lowest BCUT2D eigenvalue weighted by molar-refractivity contribution is -0.122. The molecule has 2 N–H and O–H groups in total. The standard InChI is InChI=1S/C29H31ClN4O4S/c1-39(37,38)23-17-26(33-29(36)21-6-4-7-22(30)16-21)28(31-18-23)34-13-11-19(12-14-34)15-27(35)32-25-10-9-20-5-2-3-8-24(20)25/h2-8,16-19,25H,9-15H2,1H3,(H,32,35)(H,33,36)/t25-/m1/s1. The van der Waals surface area contributed by atoms with Crippen LogP contribution in [0.1, 0.15) is 53.2 Å². The molecule has 0 bridgehead atoms. The van der Waals surface area contributed by atoms with Crippen molar-refractivity contribution >= 4 is 44.8 Å². The molecule has 0 spiro atoms. The van der Waals surface area contributed by atoms with Gasteiger partial charge in [-0.25, -0.2) is 13.4 Å². The Kier molecular flexibility index (Phi) is 7.91. The van der Waals surface area contributed by atoms with Gasteiger partial charge in [-0.2, -0.15) is 0 Å². The topological polar surface area (TPSA) is 108 Å². The molecule has 1 aliphatic carbocycles. The lowest BCUT2D eigenvalue weighted by atomic mass is 9.93. The molecule has 1 fully saturated rings. The number of piperidine rings is 1. The summed E-state index contributed by atoms with van der Waals surface area (Å²) >= 11 is 6.04. The van der Waals surface area contributed by atoms with Gasteiger partial charge in [0.05, 0.1) is 16.6 Å². The number of hydrogen-bond donors (Lipinski definition) is 2. The molecule has 2 aromatic carbocycles. The van der Waals surface area contributed by atoms with Gasteiger partial charge in [0, 0.05) is 42.5 Å². The minimum absolute atomic E-state index is 0.0210. The van der Waals surface area contributed by atoms with E-state index in [1.807, 2.05) is 17.0 Å². The lowest BCUT2D eigenvalue weighted by Gasteiger charge is -2.34. The maximum atomic E-state index is 12.9. The van der Waals surface area contributed by atoms with Crippen LogP contribution in [-0.4, -0.2) is 44.6 Å². The number of nitrogens with one attached hydrogen (secondary N) is 2. The predicted octanol–water partition coefficient (Wildman–Crippen LogP) is 4.80. The number of carbonyl (C=O) groups excluding carboxylic acids is 2. The van der Waals surface area contributed by atoms with E-state index in [1.165, 1.54) is 23.4 Å². The van der Waals surface area contributed by atoms with Crippen molar-refractivity contribution < 1.29 is 18.0 Å². The highest BCUT2D eigenvalue weighted by Gasteiger charge is 2.28. The van der Waals surface area contributed by atoms with Gasteiger partial charge in [0.2, 0.25) is 5.91 Å². The van der Waals surface area contributed by atoms with Crippen molar-refractivity contribution in [2.45, 2.75) is 43.0 Å². The van der Waals surface area contributed by atoms with E-state index in [2.05, 4.69) is 27.8 Å². The number of benzene rings is 2. The van der Waals surface area contributed by atoms with E-state index >= 15 is 0 Å². The van der Waals surface area contributed by atoms with E-state index in [4.69, 9.17) is 11.6 Å². The van der Waals surface area contributed by atoms with E-state index in [-0.39, 0.29) is 22.8 Å². The van der Waals surface area contributed by atoms with E-state index < -0.39 is 15.7 Å². The number of nitrogens with zero attached hydrogens (tertiary/aromatic N) is 2. The first kappa shape index (κ1) is 27.1. The summed E-state index contributed by atoms with van der Waals surface area (Å²) in [5.74, 6) is 0.396. The highest BCUT2D eigenvalue weighted by atomic mass is 35.5. The first-order valence-corrected chi connectivity index (χ1v) is 15.3. The average Bonchev–Trinajstić information content (AvgIpc) is 3.31. The Balaban J connectivity index is 1.24. The maximum absolute atomic E-state index is 12.9. The highest BCUT2D eigenvalue weighted by Crippen LogP contribution is 2.33. The van der Waals surface area contributed by atoms with Gasteiger partial charge in [-0.3, -0.25) is 9.59 Å². The third-order valence-electron chi connectivity index (χ3n) is 7.46. The molecular formula is C29H31ClN4O4S. The van der Waals surface area contributed by atoms with Crippen LogP contribution in [0.5, 0.6) is 0 Å². The number of pyridine rings is 1.